The molecule has 0 aliphatic heterocycles. The van der Waals surface area contributed by atoms with Crippen molar-refractivity contribution in [1.29, 1.82) is 0 Å². The Balaban J connectivity index is 1.50. The van der Waals surface area contributed by atoms with Gasteiger partial charge < -0.3 is 5.32 Å². The molecule has 0 amide bonds. The molecule has 0 bridgehead atoms. The van der Waals surface area contributed by atoms with Gasteiger partial charge in [-0.25, -0.2) is 0 Å². The Morgan fingerprint density at radius 2 is 1.89 bits per heavy atom. The molecule has 1 aromatic carbocycles. The van der Waals surface area contributed by atoms with Crippen LogP contribution in [0.15, 0.2) is 18.2 Å². The summed E-state index contributed by atoms with van der Waals surface area (Å²) in [5.41, 5.74) is 4.60. The third kappa shape index (κ3) is 3.14. The number of nitrogens with one attached hydrogen (secondary N) is 1. The van der Waals surface area contributed by atoms with Crippen molar-refractivity contribution in [2.75, 3.05) is 12.4 Å². The molecule has 1 fully saturated rings. The molecule has 0 aromatic heterocycles. The van der Waals surface area contributed by atoms with Gasteiger partial charge in [0, 0.05) is 12.4 Å². The molecule has 0 saturated heterocycles. The van der Waals surface area contributed by atoms with Crippen LogP contribution in [0.1, 0.15) is 42.4 Å². The van der Waals surface area contributed by atoms with Crippen LogP contribution in [0.4, 0.5) is 0 Å². The SMILES string of the molecule is ClCC1CCCC1CNCc1ccc2c(c1)CCC2. The summed E-state index contributed by atoms with van der Waals surface area (Å²) in [6, 6.07) is 7.03. The van der Waals surface area contributed by atoms with Crippen molar-refractivity contribution < 1.29 is 0 Å². The number of alkyl halides is 1. The summed E-state index contributed by atoms with van der Waals surface area (Å²) in [5.74, 6) is 2.38. The summed E-state index contributed by atoms with van der Waals surface area (Å²) in [7, 11) is 0. The summed E-state index contributed by atoms with van der Waals surface area (Å²) in [4.78, 5) is 0. The van der Waals surface area contributed by atoms with E-state index in [1.807, 2.05) is 0 Å². The number of halogens is 1. The first kappa shape index (κ1) is 13.5. The highest BCUT2D eigenvalue weighted by atomic mass is 35.5. The van der Waals surface area contributed by atoms with Crippen LogP contribution >= 0.6 is 11.6 Å². The Morgan fingerprint density at radius 1 is 1.05 bits per heavy atom. The van der Waals surface area contributed by atoms with Crippen molar-refractivity contribution in [3.63, 3.8) is 0 Å². The lowest BCUT2D eigenvalue weighted by molar-refractivity contribution is 0.395. The molecule has 2 heteroatoms. The molecule has 104 valence electrons. The van der Waals surface area contributed by atoms with Gasteiger partial charge in [-0.2, -0.15) is 0 Å². The summed E-state index contributed by atoms with van der Waals surface area (Å²) in [6.07, 6.45) is 7.94. The van der Waals surface area contributed by atoms with Crippen LogP contribution in [0, 0.1) is 11.8 Å². The van der Waals surface area contributed by atoms with Crippen LogP contribution in [0.25, 0.3) is 0 Å². The summed E-state index contributed by atoms with van der Waals surface area (Å²) in [6.45, 7) is 2.15. The minimum atomic E-state index is 0.745. The average molecular weight is 278 g/mol. The van der Waals surface area contributed by atoms with Gasteiger partial charge in [0.25, 0.3) is 0 Å². The van der Waals surface area contributed by atoms with Crippen LogP contribution in [0.5, 0.6) is 0 Å². The quantitative estimate of drug-likeness (QED) is 0.805. The predicted molar refractivity (Wildman–Crippen MR) is 81.7 cm³/mol. The first-order valence-corrected chi connectivity index (χ1v) is 8.27. The second kappa shape index (κ2) is 6.28. The van der Waals surface area contributed by atoms with Crippen molar-refractivity contribution in [2.24, 2.45) is 11.8 Å². The molecule has 0 radical (unpaired) electrons. The first-order chi connectivity index (χ1) is 9.36. The maximum atomic E-state index is 6.03. The zero-order chi connectivity index (χ0) is 13.1. The summed E-state index contributed by atoms with van der Waals surface area (Å²) >= 11 is 6.03. The largest absolute Gasteiger partial charge is 0.312 e. The molecule has 1 saturated carbocycles. The van der Waals surface area contributed by atoms with E-state index >= 15 is 0 Å². The van der Waals surface area contributed by atoms with Gasteiger partial charge in [-0.05, 0) is 67.2 Å². The van der Waals surface area contributed by atoms with E-state index in [2.05, 4.69) is 23.5 Å². The van der Waals surface area contributed by atoms with Gasteiger partial charge in [0.2, 0.25) is 0 Å². The molecule has 3 rings (SSSR count). The Bertz CT molecular complexity index is 429. The second-order valence-electron chi connectivity index (χ2n) is 6.19. The number of hydrogen-bond acceptors (Lipinski definition) is 1. The zero-order valence-corrected chi connectivity index (χ0v) is 12.4. The first-order valence-electron chi connectivity index (χ1n) is 7.74. The van der Waals surface area contributed by atoms with E-state index in [-0.39, 0.29) is 0 Å². The zero-order valence-electron chi connectivity index (χ0n) is 11.6. The number of rotatable bonds is 5. The number of aryl methyl sites for hydroxylation is 2. The Hall–Kier alpha value is -0.530. The molecular formula is C17H24ClN. The van der Waals surface area contributed by atoms with Crippen molar-refractivity contribution in [3.05, 3.63) is 34.9 Å². The van der Waals surface area contributed by atoms with Gasteiger partial charge in [-0.15, -0.1) is 11.6 Å². The molecule has 2 aliphatic rings. The minimum absolute atomic E-state index is 0.745. The summed E-state index contributed by atoms with van der Waals surface area (Å²) < 4.78 is 0. The molecule has 1 N–H and O–H groups in total. The fraction of sp³-hybridized carbons (Fsp3) is 0.647. The molecule has 1 nitrogen and oxygen atoms in total. The van der Waals surface area contributed by atoms with Crippen LogP contribution in [-0.2, 0) is 19.4 Å². The fourth-order valence-corrected chi connectivity index (χ4v) is 4.13. The van der Waals surface area contributed by atoms with Gasteiger partial charge in [0.1, 0.15) is 0 Å². The number of benzene rings is 1. The van der Waals surface area contributed by atoms with E-state index < -0.39 is 0 Å². The predicted octanol–water partition coefficient (Wildman–Crippen LogP) is 3.92. The standard InChI is InChI=1S/C17H24ClN/c18-10-16-5-2-6-17(16)12-19-11-13-7-8-14-3-1-4-15(14)9-13/h7-9,16-17,19H,1-6,10-12H2. The molecule has 0 spiro atoms. The molecule has 0 heterocycles. The van der Waals surface area contributed by atoms with Crippen LogP contribution < -0.4 is 5.32 Å². The van der Waals surface area contributed by atoms with Gasteiger partial charge >= 0.3 is 0 Å². The van der Waals surface area contributed by atoms with Gasteiger partial charge in [0.05, 0.1) is 0 Å². The van der Waals surface area contributed by atoms with Gasteiger partial charge in [-0.1, -0.05) is 24.6 Å². The van der Waals surface area contributed by atoms with Crippen molar-refractivity contribution in [1.82, 2.24) is 5.32 Å². The molecule has 19 heavy (non-hydrogen) atoms. The normalized spacial score (nSPS) is 25.7. The molecule has 2 atom stereocenters. The Kier molecular flexibility index (Phi) is 4.45. The topological polar surface area (TPSA) is 12.0 Å². The lowest BCUT2D eigenvalue weighted by Gasteiger charge is -2.17. The Labute approximate surface area is 121 Å². The maximum absolute atomic E-state index is 6.03. The minimum Gasteiger partial charge on any atom is -0.312 e. The monoisotopic (exact) mass is 277 g/mol. The van der Waals surface area contributed by atoms with E-state index in [0.29, 0.717) is 0 Å². The fourth-order valence-electron chi connectivity index (χ4n) is 3.72. The van der Waals surface area contributed by atoms with Crippen LogP contribution in [0.3, 0.4) is 0 Å². The van der Waals surface area contributed by atoms with E-state index in [1.54, 1.807) is 11.1 Å². The van der Waals surface area contributed by atoms with Crippen LogP contribution in [-0.4, -0.2) is 12.4 Å². The lowest BCUT2D eigenvalue weighted by atomic mass is 9.98. The van der Waals surface area contributed by atoms with Crippen molar-refractivity contribution in [3.8, 4) is 0 Å². The molecule has 2 aliphatic carbocycles. The van der Waals surface area contributed by atoms with E-state index in [0.717, 1.165) is 30.8 Å². The van der Waals surface area contributed by atoms with Gasteiger partial charge in [-0.3, -0.25) is 0 Å². The molecule has 1 aromatic rings. The molecule has 2 unspecified atom stereocenters. The maximum Gasteiger partial charge on any atom is 0.0254 e. The third-order valence-corrected chi connectivity index (χ3v) is 5.31. The smallest absolute Gasteiger partial charge is 0.0254 e. The van der Waals surface area contributed by atoms with E-state index in [4.69, 9.17) is 11.6 Å². The van der Waals surface area contributed by atoms with Crippen molar-refractivity contribution >= 4 is 11.6 Å². The third-order valence-electron chi connectivity index (χ3n) is 4.91. The van der Waals surface area contributed by atoms with E-state index in [1.165, 1.54) is 44.1 Å². The average Bonchev–Trinajstić information content (AvgIpc) is 3.06. The molecular weight excluding hydrogens is 254 g/mol. The highest BCUT2D eigenvalue weighted by molar-refractivity contribution is 6.18. The lowest BCUT2D eigenvalue weighted by Crippen LogP contribution is -2.25. The van der Waals surface area contributed by atoms with Crippen molar-refractivity contribution in [2.45, 2.75) is 45.1 Å². The highest BCUT2D eigenvalue weighted by Gasteiger charge is 2.25. The second-order valence-corrected chi connectivity index (χ2v) is 6.50. The van der Waals surface area contributed by atoms with Crippen LogP contribution in [0.2, 0.25) is 0 Å². The summed E-state index contributed by atoms with van der Waals surface area (Å²) in [5, 5.41) is 3.64. The number of hydrogen-bond donors (Lipinski definition) is 1. The Morgan fingerprint density at radius 3 is 2.79 bits per heavy atom. The highest BCUT2D eigenvalue weighted by Crippen LogP contribution is 2.32. The van der Waals surface area contributed by atoms with E-state index in [9.17, 15) is 0 Å². The van der Waals surface area contributed by atoms with Gasteiger partial charge in [0.15, 0.2) is 0 Å². The number of fused-ring (bicyclic) bond motifs is 1.